The van der Waals surface area contributed by atoms with Gasteiger partial charge in [-0.25, -0.2) is 0 Å². The van der Waals surface area contributed by atoms with Crippen LogP contribution in [0, 0.1) is 12.3 Å². The SMILES string of the molecule is Cc1ccc(NC(=O)[C@@H](N)C(C)(C)C)cc1NC(=O)CN1CCCCC1.Cl.Cl. The maximum absolute atomic E-state index is 12.3. The molecule has 8 heteroatoms. The summed E-state index contributed by atoms with van der Waals surface area (Å²) in [5, 5.41) is 5.81. The van der Waals surface area contributed by atoms with Crippen LogP contribution < -0.4 is 16.4 Å². The van der Waals surface area contributed by atoms with Crippen LogP contribution in [0.1, 0.15) is 45.6 Å². The number of carbonyl (C=O) groups is 2. The van der Waals surface area contributed by atoms with Crippen LogP contribution in [0.2, 0.25) is 0 Å². The van der Waals surface area contributed by atoms with E-state index in [-0.39, 0.29) is 42.0 Å². The van der Waals surface area contributed by atoms with E-state index in [2.05, 4.69) is 15.5 Å². The molecule has 2 amide bonds. The first-order valence-electron chi connectivity index (χ1n) is 9.36. The summed E-state index contributed by atoms with van der Waals surface area (Å²) >= 11 is 0. The van der Waals surface area contributed by atoms with Crippen molar-refractivity contribution in [1.29, 1.82) is 0 Å². The Morgan fingerprint density at radius 1 is 1.11 bits per heavy atom. The van der Waals surface area contributed by atoms with Gasteiger partial charge in [0.05, 0.1) is 12.6 Å². The number of likely N-dealkylation sites (tertiary alicyclic amines) is 1. The van der Waals surface area contributed by atoms with Gasteiger partial charge in [-0.15, -0.1) is 24.8 Å². The molecule has 0 saturated carbocycles. The van der Waals surface area contributed by atoms with Gasteiger partial charge < -0.3 is 16.4 Å². The molecular weight excluding hydrogens is 399 g/mol. The fraction of sp³-hybridized carbons (Fsp3) is 0.600. The van der Waals surface area contributed by atoms with Gasteiger partial charge in [0, 0.05) is 11.4 Å². The summed E-state index contributed by atoms with van der Waals surface area (Å²) in [6, 6.07) is 4.88. The lowest BCUT2D eigenvalue weighted by molar-refractivity contribution is -0.119. The van der Waals surface area contributed by atoms with E-state index in [4.69, 9.17) is 5.73 Å². The highest BCUT2D eigenvalue weighted by Crippen LogP contribution is 2.23. The third-order valence-corrected chi connectivity index (χ3v) is 4.81. The van der Waals surface area contributed by atoms with E-state index in [1.165, 1.54) is 6.42 Å². The number of carbonyl (C=O) groups excluding carboxylic acids is 2. The number of nitrogens with two attached hydrogens (primary N) is 1. The molecule has 4 N–H and O–H groups in total. The normalized spacial score (nSPS) is 15.6. The lowest BCUT2D eigenvalue weighted by Crippen LogP contribution is -2.45. The summed E-state index contributed by atoms with van der Waals surface area (Å²) in [6.07, 6.45) is 3.55. The maximum atomic E-state index is 12.3. The molecule has 1 aromatic rings. The number of anilines is 2. The number of piperidine rings is 1. The first-order valence-corrected chi connectivity index (χ1v) is 9.36. The number of hydrogen-bond donors (Lipinski definition) is 3. The molecule has 0 radical (unpaired) electrons. The molecule has 1 fully saturated rings. The van der Waals surface area contributed by atoms with E-state index >= 15 is 0 Å². The van der Waals surface area contributed by atoms with Crippen LogP contribution in [-0.2, 0) is 9.59 Å². The Balaban J connectivity index is 0.00000364. The van der Waals surface area contributed by atoms with E-state index in [1.807, 2.05) is 39.8 Å². The predicted octanol–water partition coefficient (Wildman–Crippen LogP) is 3.57. The quantitative estimate of drug-likeness (QED) is 0.663. The molecule has 1 aliphatic heterocycles. The second-order valence-corrected chi connectivity index (χ2v) is 8.25. The smallest absolute Gasteiger partial charge is 0.241 e. The highest BCUT2D eigenvalue weighted by molar-refractivity contribution is 5.97. The number of aryl methyl sites for hydroxylation is 1. The average molecular weight is 433 g/mol. The Kier molecular flexibility index (Phi) is 11.1. The predicted molar refractivity (Wildman–Crippen MR) is 121 cm³/mol. The van der Waals surface area contributed by atoms with Crippen molar-refractivity contribution < 1.29 is 9.59 Å². The summed E-state index contributed by atoms with van der Waals surface area (Å²) in [6.45, 7) is 10.1. The number of halogens is 2. The minimum Gasteiger partial charge on any atom is -0.325 e. The first-order chi connectivity index (χ1) is 12.2. The van der Waals surface area contributed by atoms with Gasteiger partial charge in [0.1, 0.15) is 0 Å². The highest BCUT2D eigenvalue weighted by Gasteiger charge is 2.27. The van der Waals surface area contributed by atoms with Crippen LogP contribution in [0.25, 0.3) is 0 Å². The number of benzene rings is 1. The molecule has 1 heterocycles. The maximum Gasteiger partial charge on any atom is 0.241 e. The average Bonchev–Trinajstić information content (AvgIpc) is 2.57. The minimum atomic E-state index is -0.610. The van der Waals surface area contributed by atoms with Gasteiger partial charge in [-0.05, 0) is 56.0 Å². The zero-order valence-corrected chi connectivity index (χ0v) is 18.8. The van der Waals surface area contributed by atoms with Crippen molar-refractivity contribution in [3.8, 4) is 0 Å². The lowest BCUT2D eigenvalue weighted by atomic mass is 9.87. The number of nitrogens with zero attached hydrogens (tertiary/aromatic N) is 1. The van der Waals surface area contributed by atoms with Gasteiger partial charge in [-0.3, -0.25) is 14.5 Å². The molecule has 28 heavy (non-hydrogen) atoms. The van der Waals surface area contributed by atoms with Gasteiger partial charge in [-0.2, -0.15) is 0 Å². The molecule has 0 unspecified atom stereocenters. The van der Waals surface area contributed by atoms with Crippen LogP contribution in [0.15, 0.2) is 18.2 Å². The van der Waals surface area contributed by atoms with Gasteiger partial charge in [0.15, 0.2) is 0 Å². The van der Waals surface area contributed by atoms with Crippen molar-refractivity contribution >= 4 is 48.0 Å². The highest BCUT2D eigenvalue weighted by atomic mass is 35.5. The third-order valence-electron chi connectivity index (χ3n) is 4.81. The summed E-state index contributed by atoms with van der Waals surface area (Å²) in [5.41, 5.74) is 7.99. The fourth-order valence-corrected chi connectivity index (χ4v) is 2.96. The standard InChI is InChI=1S/C20H32N4O2.2ClH/c1-14-8-9-15(22-19(26)18(21)20(2,3)4)12-16(14)23-17(25)13-24-10-6-5-7-11-24;;/h8-9,12,18H,5-7,10-11,13,21H2,1-4H3,(H,22,26)(H,23,25);2*1H/t18-;;/m1../s1. The Morgan fingerprint density at radius 2 is 1.71 bits per heavy atom. The van der Waals surface area contributed by atoms with E-state index in [9.17, 15) is 9.59 Å². The zero-order valence-electron chi connectivity index (χ0n) is 17.2. The topological polar surface area (TPSA) is 87.5 Å². The molecule has 0 spiro atoms. The molecule has 2 rings (SSSR count). The Hall–Kier alpha value is -1.34. The molecule has 0 bridgehead atoms. The van der Waals surface area contributed by atoms with E-state index in [0.717, 1.165) is 31.5 Å². The molecule has 6 nitrogen and oxygen atoms in total. The van der Waals surface area contributed by atoms with E-state index < -0.39 is 6.04 Å². The summed E-state index contributed by atoms with van der Waals surface area (Å²) in [4.78, 5) is 26.8. The van der Waals surface area contributed by atoms with Gasteiger partial charge >= 0.3 is 0 Å². The fourth-order valence-electron chi connectivity index (χ4n) is 2.96. The van der Waals surface area contributed by atoms with Crippen molar-refractivity contribution in [3.05, 3.63) is 23.8 Å². The molecule has 160 valence electrons. The van der Waals surface area contributed by atoms with Crippen molar-refractivity contribution in [3.63, 3.8) is 0 Å². The van der Waals surface area contributed by atoms with Crippen molar-refractivity contribution in [1.82, 2.24) is 4.90 Å². The van der Waals surface area contributed by atoms with Crippen LogP contribution in [0.4, 0.5) is 11.4 Å². The molecule has 0 aromatic heterocycles. The van der Waals surface area contributed by atoms with Crippen molar-refractivity contribution in [2.75, 3.05) is 30.3 Å². The van der Waals surface area contributed by atoms with Crippen molar-refractivity contribution in [2.24, 2.45) is 11.1 Å². The molecular formula is C20H34Cl2N4O2. The van der Waals surface area contributed by atoms with Gasteiger partial charge in [0.2, 0.25) is 11.8 Å². The minimum absolute atomic E-state index is 0. The summed E-state index contributed by atoms with van der Waals surface area (Å²) in [5.74, 6) is -0.253. The van der Waals surface area contributed by atoms with E-state index in [0.29, 0.717) is 17.9 Å². The second kappa shape index (κ2) is 11.6. The second-order valence-electron chi connectivity index (χ2n) is 8.25. The van der Waals surface area contributed by atoms with Gasteiger partial charge in [-0.1, -0.05) is 33.3 Å². The number of rotatable bonds is 5. The van der Waals surface area contributed by atoms with Crippen LogP contribution in [-0.4, -0.2) is 42.4 Å². The molecule has 1 aromatic carbocycles. The number of nitrogens with one attached hydrogen (secondary N) is 2. The van der Waals surface area contributed by atoms with Gasteiger partial charge in [0.25, 0.3) is 0 Å². The Morgan fingerprint density at radius 3 is 2.29 bits per heavy atom. The van der Waals surface area contributed by atoms with Crippen LogP contribution in [0.3, 0.4) is 0 Å². The largest absolute Gasteiger partial charge is 0.325 e. The monoisotopic (exact) mass is 432 g/mol. The Bertz CT molecular complexity index is 656. The number of amides is 2. The molecule has 1 saturated heterocycles. The van der Waals surface area contributed by atoms with Crippen molar-refractivity contribution in [2.45, 2.75) is 53.0 Å². The van der Waals surface area contributed by atoms with Crippen LogP contribution in [0.5, 0.6) is 0 Å². The number of hydrogen-bond acceptors (Lipinski definition) is 4. The van der Waals surface area contributed by atoms with E-state index in [1.54, 1.807) is 6.07 Å². The zero-order chi connectivity index (χ0) is 19.3. The third kappa shape index (κ3) is 7.95. The molecule has 1 atom stereocenters. The first kappa shape index (κ1) is 26.7. The Labute approximate surface area is 180 Å². The van der Waals surface area contributed by atoms with Crippen LogP contribution >= 0.6 is 24.8 Å². The summed E-state index contributed by atoms with van der Waals surface area (Å²) in [7, 11) is 0. The lowest BCUT2D eigenvalue weighted by Gasteiger charge is -2.26. The molecule has 1 aliphatic rings. The summed E-state index contributed by atoms with van der Waals surface area (Å²) < 4.78 is 0. The molecule has 0 aliphatic carbocycles.